The van der Waals surface area contributed by atoms with Gasteiger partial charge in [-0.3, -0.25) is 4.79 Å². The molecule has 1 amide bonds. The fourth-order valence-electron chi connectivity index (χ4n) is 3.23. The van der Waals surface area contributed by atoms with E-state index in [1.165, 1.54) is 13.2 Å². The first-order valence-electron chi connectivity index (χ1n) is 9.49. The van der Waals surface area contributed by atoms with Crippen LogP contribution in [0.4, 0.5) is 11.6 Å². The van der Waals surface area contributed by atoms with Crippen LogP contribution in [0.1, 0.15) is 17.8 Å². The van der Waals surface area contributed by atoms with Gasteiger partial charge in [0, 0.05) is 25.2 Å². The van der Waals surface area contributed by atoms with Gasteiger partial charge in [-0.25, -0.2) is 13.1 Å². The van der Waals surface area contributed by atoms with Crippen LogP contribution in [0, 0.1) is 0 Å². The molecule has 0 radical (unpaired) electrons. The van der Waals surface area contributed by atoms with Crippen molar-refractivity contribution in [1.29, 1.82) is 0 Å². The van der Waals surface area contributed by atoms with E-state index in [2.05, 4.69) is 25.0 Å². The number of carbonyl (C=O) groups excluding carboxylic acids is 1. The monoisotopic (exact) mass is 434 g/mol. The molecule has 1 aromatic heterocycles. The quantitative estimate of drug-likeness (QED) is 0.648. The predicted octanol–water partition coefficient (Wildman–Crippen LogP) is 0.0800. The molecule has 0 atom stereocenters. The molecule has 0 spiro atoms. The number of nitrogens with one attached hydrogen (secondary N) is 2. The van der Waals surface area contributed by atoms with Crippen LogP contribution >= 0.6 is 0 Å². The zero-order chi connectivity index (χ0) is 21.1. The summed E-state index contributed by atoms with van der Waals surface area (Å²) in [6.07, 6.45) is 0.830. The number of aromatic nitrogens is 3. The van der Waals surface area contributed by atoms with Crippen LogP contribution in [0.15, 0.2) is 23.1 Å². The molecule has 12 heteroatoms. The molecule has 2 N–H and O–H groups in total. The van der Waals surface area contributed by atoms with Gasteiger partial charge in [0.15, 0.2) is 5.82 Å². The number of sulfonamides is 1. The molecule has 2 aromatic rings. The lowest BCUT2D eigenvalue weighted by Gasteiger charge is -2.26. The molecule has 0 saturated carbocycles. The first-order chi connectivity index (χ1) is 14.4. The van der Waals surface area contributed by atoms with Gasteiger partial charge in [0.1, 0.15) is 0 Å². The molecule has 1 fully saturated rings. The summed E-state index contributed by atoms with van der Waals surface area (Å²) >= 11 is 0. The summed E-state index contributed by atoms with van der Waals surface area (Å²) in [6.45, 7) is 2.27. The summed E-state index contributed by atoms with van der Waals surface area (Å²) in [7, 11) is -2.36. The van der Waals surface area contributed by atoms with Crippen LogP contribution in [-0.2, 0) is 32.5 Å². The number of benzene rings is 1. The maximum Gasteiger partial charge on any atom is 0.321 e. The smallest absolute Gasteiger partial charge is 0.321 e. The second-order valence-electron chi connectivity index (χ2n) is 6.83. The third kappa shape index (κ3) is 4.50. The van der Waals surface area contributed by atoms with Crippen LogP contribution in [0.3, 0.4) is 0 Å². The number of anilines is 2. The van der Waals surface area contributed by atoms with Crippen molar-refractivity contribution in [3.05, 3.63) is 29.6 Å². The number of hydrogen-bond donors (Lipinski definition) is 2. The van der Waals surface area contributed by atoms with Gasteiger partial charge in [-0.2, -0.15) is 15.0 Å². The summed E-state index contributed by atoms with van der Waals surface area (Å²) < 4.78 is 38.5. The van der Waals surface area contributed by atoms with E-state index in [1.807, 2.05) is 4.90 Å². The normalized spacial score (nSPS) is 16.7. The Balaban J connectivity index is 1.51. The van der Waals surface area contributed by atoms with Crippen LogP contribution in [-0.4, -0.2) is 62.7 Å². The highest BCUT2D eigenvalue weighted by atomic mass is 32.2. The number of nitrogens with zero attached hydrogens (tertiary/aromatic N) is 4. The van der Waals surface area contributed by atoms with Gasteiger partial charge in [0.25, 0.3) is 0 Å². The van der Waals surface area contributed by atoms with Gasteiger partial charge < -0.3 is 19.7 Å². The Kier molecular flexibility index (Phi) is 5.79. The van der Waals surface area contributed by atoms with Crippen LogP contribution in [0.25, 0.3) is 0 Å². The molecule has 2 aliphatic heterocycles. The van der Waals surface area contributed by atoms with Crippen molar-refractivity contribution in [2.24, 2.45) is 0 Å². The van der Waals surface area contributed by atoms with Crippen molar-refractivity contribution in [3.63, 3.8) is 0 Å². The Labute approximate surface area is 173 Å². The van der Waals surface area contributed by atoms with E-state index in [4.69, 9.17) is 9.47 Å². The SMILES string of the molecule is COc1nc(CNS(=O)(=O)c2ccc3c(c2)CCC(=O)N3)nc(N2CCOCC2)n1. The molecule has 1 aromatic carbocycles. The van der Waals surface area contributed by atoms with Gasteiger partial charge in [-0.15, -0.1) is 0 Å². The third-order valence-electron chi connectivity index (χ3n) is 4.83. The highest BCUT2D eigenvalue weighted by molar-refractivity contribution is 7.89. The summed E-state index contributed by atoms with van der Waals surface area (Å²) in [5, 5.41) is 2.74. The molecular weight excluding hydrogens is 412 g/mol. The summed E-state index contributed by atoms with van der Waals surface area (Å²) in [4.78, 5) is 26.3. The fraction of sp³-hybridized carbons (Fsp3) is 0.444. The van der Waals surface area contributed by atoms with Gasteiger partial charge in [0.2, 0.25) is 21.9 Å². The number of aryl methyl sites for hydroxylation is 1. The standard InChI is InChI=1S/C18H22N6O5S/c1-28-18-22-15(21-17(23-18)24-6-8-29-9-7-24)11-19-30(26,27)13-3-4-14-12(10-13)2-5-16(25)20-14/h3-4,10,19H,2,5-9,11H2,1H3,(H,20,25). The summed E-state index contributed by atoms with van der Waals surface area (Å²) in [5.74, 6) is 0.595. The zero-order valence-corrected chi connectivity index (χ0v) is 17.2. The largest absolute Gasteiger partial charge is 0.467 e. The van der Waals surface area contributed by atoms with E-state index in [0.717, 1.165) is 5.56 Å². The van der Waals surface area contributed by atoms with E-state index >= 15 is 0 Å². The van der Waals surface area contributed by atoms with E-state index in [9.17, 15) is 13.2 Å². The highest BCUT2D eigenvalue weighted by Crippen LogP contribution is 2.25. The van der Waals surface area contributed by atoms with Crippen LogP contribution in [0.5, 0.6) is 6.01 Å². The van der Waals surface area contributed by atoms with Crippen LogP contribution in [0.2, 0.25) is 0 Å². The third-order valence-corrected chi connectivity index (χ3v) is 6.23. The molecule has 2 aliphatic rings. The number of carbonyl (C=O) groups is 1. The Morgan fingerprint density at radius 3 is 2.77 bits per heavy atom. The molecule has 4 rings (SSSR count). The minimum absolute atomic E-state index is 0.0731. The molecule has 30 heavy (non-hydrogen) atoms. The minimum Gasteiger partial charge on any atom is -0.467 e. The van der Waals surface area contributed by atoms with Gasteiger partial charge in [0.05, 0.1) is 31.8 Å². The van der Waals surface area contributed by atoms with E-state index < -0.39 is 10.0 Å². The Morgan fingerprint density at radius 1 is 1.20 bits per heavy atom. The van der Waals surface area contributed by atoms with Crippen molar-refractivity contribution >= 4 is 27.6 Å². The number of hydrogen-bond acceptors (Lipinski definition) is 9. The van der Waals surface area contributed by atoms with Crippen molar-refractivity contribution in [2.45, 2.75) is 24.3 Å². The second kappa shape index (κ2) is 8.50. The van der Waals surface area contributed by atoms with Crippen molar-refractivity contribution in [1.82, 2.24) is 19.7 Å². The molecule has 3 heterocycles. The number of ether oxygens (including phenoxy) is 2. The van der Waals surface area contributed by atoms with E-state index in [1.54, 1.807) is 12.1 Å². The molecule has 0 bridgehead atoms. The lowest BCUT2D eigenvalue weighted by atomic mass is 10.0. The molecule has 0 unspecified atom stereocenters. The Hall–Kier alpha value is -2.83. The van der Waals surface area contributed by atoms with Crippen molar-refractivity contribution in [3.8, 4) is 6.01 Å². The fourth-order valence-corrected chi connectivity index (χ4v) is 4.26. The zero-order valence-electron chi connectivity index (χ0n) is 16.4. The number of fused-ring (bicyclic) bond motifs is 1. The predicted molar refractivity (Wildman–Crippen MR) is 107 cm³/mol. The average Bonchev–Trinajstić information content (AvgIpc) is 2.77. The summed E-state index contributed by atoms with van der Waals surface area (Å²) in [5.41, 5.74) is 1.43. The summed E-state index contributed by atoms with van der Waals surface area (Å²) in [6, 6.07) is 4.75. The first-order valence-corrected chi connectivity index (χ1v) is 11.0. The minimum atomic E-state index is -3.80. The lowest BCUT2D eigenvalue weighted by Crippen LogP contribution is -2.37. The highest BCUT2D eigenvalue weighted by Gasteiger charge is 2.21. The lowest BCUT2D eigenvalue weighted by molar-refractivity contribution is -0.116. The Bertz CT molecular complexity index is 1060. The number of amides is 1. The second-order valence-corrected chi connectivity index (χ2v) is 8.60. The molecule has 0 aliphatic carbocycles. The molecular formula is C18H22N6O5S. The van der Waals surface area contributed by atoms with Crippen LogP contribution < -0.4 is 19.7 Å². The van der Waals surface area contributed by atoms with Crippen molar-refractivity contribution < 1.29 is 22.7 Å². The number of morpholine rings is 1. The Morgan fingerprint density at radius 2 is 2.00 bits per heavy atom. The van der Waals surface area contributed by atoms with Crippen molar-refractivity contribution in [2.75, 3.05) is 43.6 Å². The first kappa shape index (κ1) is 20.4. The van der Waals surface area contributed by atoms with Gasteiger partial charge in [-0.1, -0.05) is 0 Å². The van der Waals surface area contributed by atoms with Gasteiger partial charge in [-0.05, 0) is 30.2 Å². The maximum atomic E-state index is 12.8. The van der Waals surface area contributed by atoms with Gasteiger partial charge >= 0.3 is 6.01 Å². The molecule has 160 valence electrons. The number of methoxy groups -OCH3 is 1. The molecule has 11 nitrogen and oxygen atoms in total. The average molecular weight is 434 g/mol. The number of rotatable bonds is 6. The topological polar surface area (TPSA) is 136 Å². The van der Waals surface area contributed by atoms with E-state index in [0.29, 0.717) is 50.8 Å². The maximum absolute atomic E-state index is 12.8. The molecule has 1 saturated heterocycles. The van der Waals surface area contributed by atoms with E-state index in [-0.39, 0.29) is 29.2 Å².